The number of aromatic hydroxyl groups is 1. The molecule has 0 atom stereocenters. The zero-order valence-corrected chi connectivity index (χ0v) is 11.4. The molecule has 1 aromatic carbocycles. The van der Waals surface area contributed by atoms with Crippen LogP contribution in [0.25, 0.3) is 0 Å². The van der Waals surface area contributed by atoms with Gasteiger partial charge < -0.3 is 5.11 Å². The zero-order valence-electron chi connectivity index (χ0n) is 11.4. The van der Waals surface area contributed by atoms with Crippen LogP contribution in [-0.2, 0) is 12.8 Å². The minimum absolute atomic E-state index is 0.454. The number of hydrogen-bond donors (Lipinski definition) is 1. The van der Waals surface area contributed by atoms with E-state index in [0.29, 0.717) is 5.75 Å². The molecule has 92 valence electrons. The summed E-state index contributed by atoms with van der Waals surface area (Å²) < 4.78 is 0. The van der Waals surface area contributed by atoms with Gasteiger partial charge in [-0.05, 0) is 55.4 Å². The molecule has 0 saturated carbocycles. The van der Waals surface area contributed by atoms with Crippen LogP contribution >= 0.6 is 0 Å². The molecule has 0 spiro atoms. The predicted octanol–water partition coefficient (Wildman–Crippen LogP) is 4.63. The van der Waals surface area contributed by atoms with E-state index in [1.807, 2.05) is 40.7 Å². The van der Waals surface area contributed by atoms with Crippen molar-refractivity contribution in [1.29, 1.82) is 0 Å². The Bertz CT molecular complexity index is 272. The first-order valence-corrected chi connectivity index (χ1v) is 6.59. The summed E-state index contributed by atoms with van der Waals surface area (Å²) in [5, 5.41) is 9.48. The number of phenols is 1. The fraction of sp³-hybridized carbons (Fsp3) is 0.600. The van der Waals surface area contributed by atoms with Gasteiger partial charge in [0.2, 0.25) is 0 Å². The maximum absolute atomic E-state index is 9.48. The molecule has 0 amide bonds. The van der Waals surface area contributed by atoms with Crippen molar-refractivity contribution in [2.75, 3.05) is 0 Å². The molecule has 0 radical (unpaired) electrons. The summed E-state index contributed by atoms with van der Waals surface area (Å²) in [6.45, 7) is 9.96. The fourth-order valence-electron chi connectivity index (χ4n) is 1.90. The minimum atomic E-state index is 0.454. The second kappa shape index (κ2) is 8.20. The Morgan fingerprint density at radius 2 is 1.31 bits per heavy atom. The van der Waals surface area contributed by atoms with Crippen LogP contribution < -0.4 is 0 Å². The molecule has 1 nitrogen and oxygen atoms in total. The summed E-state index contributed by atoms with van der Waals surface area (Å²) >= 11 is 0. The van der Waals surface area contributed by atoms with Gasteiger partial charge in [-0.25, -0.2) is 0 Å². The average Bonchev–Trinajstić information content (AvgIpc) is 2.36. The molecule has 0 unspecified atom stereocenters. The third kappa shape index (κ3) is 3.88. The predicted molar refractivity (Wildman–Crippen MR) is 72.2 cm³/mol. The molecule has 0 bridgehead atoms. The number of aryl methyl sites for hydroxylation is 3. The molecule has 16 heavy (non-hydrogen) atoms. The van der Waals surface area contributed by atoms with Gasteiger partial charge in [-0.2, -0.15) is 0 Å². The van der Waals surface area contributed by atoms with Crippen molar-refractivity contribution in [3.63, 3.8) is 0 Å². The number of fused-ring (bicyclic) bond motifs is 1. The summed E-state index contributed by atoms with van der Waals surface area (Å²) in [6.07, 6.45) is 4.91. The van der Waals surface area contributed by atoms with Gasteiger partial charge in [-0.1, -0.05) is 33.8 Å². The highest BCUT2D eigenvalue weighted by molar-refractivity contribution is 5.42. The Morgan fingerprint density at radius 1 is 0.875 bits per heavy atom. The number of benzene rings is 1. The lowest BCUT2D eigenvalue weighted by Crippen LogP contribution is -2.02. The van der Waals surface area contributed by atoms with E-state index < -0.39 is 0 Å². The minimum Gasteiger partial charge on any atom is -0.508 e. The monoisotopic (exact) mass is 222 g/mol. The van der Waals surface area contributed by atoms with Crippen LogP contribution in [0.15, 0.2) is 12.1 Å². The molecule has 0 saturated heterocycles. The van der Waals surface area contributed by atoms with Crippen molar-refractivity contribution < 1.29 is 5.11 Å². The molecule has 0 aliphatic heterocycles. The Balaban J connectivity index is 0.000000509. The molecule has 1 aromatic rings. The van der Waals surface area contributed by atoms with Gasteiger partial charge in [0.15, 0.2) is 0 Å². The summed E-state index contributed by atoms with van der Waals surface area (Å²) in [7, 11) is 0. The normalized spacial score (nSPS) is 12.6. The maximum atomic E-state index is 9.48. The standard InChI is InChI=1S/C11H14O.2C2H6/c1-8-6-9-4-2-3-5-10(9)7-11(8)12;2*1-2/h6-7,12H,2-5H2,1H3;2*1-2H3. The van der Waals surface area contributed by atoms with Crippen molar-refractivity contribution in [3.8, 4) is 5.75 Å². The molecular formula is C15H26O. The highest BCUT2D eigenvalue weighted by Crippen LogP contribution is 2.27. The molecule has 1 N–H and O–H groups in total. The highest BCUT2D eigenvalue weighted by Gasteiger charge is 2.10. The number of rotatable bonds is 0. The fourth-order valence-corrected chi connectivity index (χ4v) is 1.90. The summed E-state index contributed by atoms with van der Waals surface area (Å²) in [5.74, 6) is 0.454. The second-order valence-corrected chi connectivity index (χ2v) is 3.61. The van der Waals surface area contributed by atoms with Crippen LogP contribution in [0.4, 0.5) is 0 Å². The van der Waals surface area contributed by atoms with Crippen molar-refractivity contribution in [2.45, 2.75) is 60.3 Å². The maximum Gasteiger partial charge on any atom is 0.118 e. The summed E-state index contributed by atoms with van der Waals surface area (Å²) in [4.78, 5) is 0. The first kappa shape index (κ1) is 15.0. The largest absolute Gasteiger partial charge is 0.508 e. The van der Waals surface area contributed by atoms with Gasteiger partial charge in [0.05, 0.1) is 0 Å². The first-order valence-electron chi connectivity index (χ1n) is 6.59. The third-order valence-corrected chi connectivity index (χ3v) is 2.66. The first-order chi connectivity index (χ1) is 7.77. The van der Waals surface area contributed by atoms with E-state index in [-0.39, 0.29) is 0 Å². The van der Waals surface area contributed by atoms with Gasteiger partial charge in [0.25, 0.3) is 0 Å². The quantitative estimate of drug-likeness (QED) is 0.678. The molecule has 1 heteroatoms. The number of phenolic OH excluding ortho intramolecular Hbond substituents is 1. The Morgan fingerprint density at radius 3 is 1.81 bits per heavy atom. The molecule has 0 heterocycles. The lowest BCUT2D eigenvalue weighted by atomic mass is 9.90. The molecule has 2 rings (SSSR count). The van der Waals surface area contributed by atoms with Crippen molar-refractivity contribution >= 4 is 0 Å². The van der Waals surface area contributed by atoms with Crippen LogP contribution in [0.2, 0.25) is 0 Å². The van der Waals surface area contributed by atoms with E-state index in [1.165, 1.54) is 30.4 Å². The van der Waals surface area contributed by atoms with Crippen molar-refractivity contribution in [3.05, 3.63) is 28.8 Å². The van der Waals surface area contributed by atoms with E-state index in [1.54, 1.807) is 0 Å². The van der Waals surface area contributed by atoms with Crippen LogP contribution in [-0.4, -0.2) is 5.11 Å². The smallest absolute Gasteiger partial charge is 0.118 e. The van der Waals surface area contributed by atoms with E-state index in [9.17, 15) is 5.11 Å². The van der Waals surface area contributed by atoms with Crippen LogP contribution in [0.1, 0.15) is 57.2 Å². The molecular weight excluding hydrogens is 196 g/mol. The molecule has 1 aliphatic carbocycles. The molecule has 0 fully saturated rings. The second-order valence-electron chi connectivity index (χ2n) is 3.61. The lowest BCUT2D eigenvalue weighted by molar-refractivity contribution is 0.469. The summed E-state index contributed by atoms with van der Waals surface area (Å²) in [6, 6.07) is 4.06. The molecule has 1 aliphatic rings. The van der Waals surface area contributed by atoms with Gasteiger partial charge in [-0.3, -0.25) is 0 Å². The Kier molecular flexibility index (Phi) is 7.70. The van der Waals surface area contributed by atoms with Crippen molar-refractivity contribution in [1.82, 2.24) is 0 Å². The lowest BCUT2D eigenvalue weighted by Gasteiger charge is -2.16. The SMILES string of the molecule is CC.CC.Cc1cc2c(cc1O)CCCC2. The van der Waals surface area contributed by atoms with Crippen LogP contribution in [0.5, 0.6) is 5.75 Å². The van der Waals surface area contributed by atoms with E-state index in [2.05, 4.69) is 6.07 Å². The average molecular weight is 222 g/mol. The van der Waals surface area contributed by atoms with E-state index in [4.69, 9.17) is 0 Å². The Hall–Kier alpha value is -0.980. The topological polar surface area (TPSA) is 20.2 Å². The summed E-state index contributed by atoms with van der Waals surface area (Å²) in [5.41, 5.74) is 3.80. The van der Waals surface area contributed by atoms with E-state index in [0.717, 1.165) is 12.0 Å². The van der Waals surface area contributed by atoms with Crippen LogP contribution in [0.3, 0.4) is 0 Å². The van der Waals surface area contributed by atoms with Gasteiger partial charge >= 0.3 is 0 Å². The molecule has 0 aromatic heterocycles. The zero-order chi connectivity index (χ0) is 12.6. The van der Waals surface area contributed by atoms with Gasteiger partial charge in [-0.15, -0.1) is 0 Å². The van der Waals surface area contributed by atoms with Gasteiger partial charge in [0.1, 0.15) is 5.75 Å². The van der Waals surface area contributed by atoms with Gasteiger partial charge in [0, 0.05) is 0 Å². The number of hydrogen-bond acceptors (Lipinski definition) is 1. The van der Waals surface area contributed by atoms with Crippen LogP contribution in [0, 0.1) is 6.92 Å². The highest BCUT2D eigenvalue weighted by atomic mass is 16.3. The Labute approximate surface area is 101 Å². The van der Waals surface area contributed by atoms with E-state index >= 15 is 0 Å². The van der Waals surface area contributed by atoms with Crippen molar-refractivity contribution in [2.24, 2.45) is 0 Å². The third-order valence-electron chi connectivity index (χ3n) is 2.66.